The van der Waals surface area contributed by atoms with Crippen molar-refractivity contribution < 1.29 is 18.7 Å². The number of carbonyl (C=O) groups excluding carboxylic acids is 2. The first-order valence-electron chi connectivity index (χ1n) is 6.36. The van der Waals surface area contributed by atoms with Crippen LogP contribution in [0.5, 0.6) is 0 Å². The second-order valence-electron chi connectivity index (χ2n) is 4.50. The van der Waals surface area contributed by atoms with E-state index in [1.54, 1.807) is 13.8 Å². The largest absolute Gasteiger partial charge is 0.465 e. The number of amides is 1. The predicted molar refractivity (Wildman–Crippen MR) is 73.9 cm³/mol. The molecule has 6 heteroatoms. The molecule has 0 aromatic heterocycles. The average molecular weight is 282 g/mol. The summed E-state index contributed by atoms with van der Waals surface area (Å²) in [4.78, 5) is 23.5. The number of anilines is 1. The zero-order valence-electron chi connectivity index (χ0n) is 11.8. The standard InChI is InChI=1S/C14H19FN2O3/c1-4-14(16,5-2)13(19)17-11-8-9(12(18)20-3)6-7-10(11)15/h6-8H,4-5,16H2,1-3H3,(H,17,19). The molecule has 0 atom stereocenters. The van der Waals surface area contributed by atoms with Crippen LogP contribution >= 0.6 is 0 Å². The molecule has 1 aromatic carbocycles. The Balaban J connectivity index is 3.03. The molecule has 3 N–H and O–H groups in total. The molecule has 5 nitrogen and oxygen atoms in total. The van der Waals surface area contributed by atoms with Crippen molar-refractivity contribution in [1.82, 2.24) is 0 Å². The van der Waals surface area contributed by atoms with Crippen molar-refractivity contribution in [3.05, 3.63) is 29.6 Å². The molecule has 0 radical (unpaired) electrons. The smallest absolute Gasteiger partial charge is 0.337 e. The van der Waals surface area contributed by atoms with E-state index >= 15 is 0 Å². The van der Waals surface area contributed by atoms with Gasteiger partial charge in [-0.05, 0) is 31.0 Å². The van der Waals surface area contributed by atoms with Gasteiger partial charge in [0.05, 0.1) is 23.9 Å². The first kappa shape index (κ1) is 16.1. The highest BCUT2D eigenvalue weighted by atomic mass is 19.1. The molecule has 0 saturated carbocycles. The Bertz CT molecular complexity index is 513. The van der Waals surface area contributed by atoms with Crippen LogP contribution in [0.25, 0.3) is 0 Å². The van der Waals surface area contributed by atoms with Gasteiger partial charge >= 0.3 is 5.97 Å². The topological polar surface area (TPSA) is 81.4 Å². The normalized spacial score (nSPS) is 11.1. The number of hydrogen-bond donors (Lipinski definition) is 2. The fourth-order valence-electron chi connectivity index (χ4n) is 1.68. The van der Waals surface area contributed by atoms with Crippen LogP contribution in [0.4, 0.5) is 10.1 Å². The highest BCUT2D eigenvalue weighted by Crippen LogP contribution is 2.20. The van der Waals surface area contributed by atoms with Crippen LogP contribution in [0.2, 0.25) is 0 Å². The number of hydrogen-bond acceptors (Lipinski definition) is 4. The maximum absolute atomic E-state index is 13.7. The molecule has 0 aliphatic heterocycles. The van der Waals surface area contributed by atoms with Crippen LogP contribution in [-0.2, 0) is 9.53 Å². The van der Waals surface area contributed by atoms with Gasteiger partial charge in [-0.15, -0.1) is 0 Å². The molecule has 0 aliphatic rings. The third-order valence-electron chi connectivity index (χ3n) is 3.35. The van der Waals surface area contributed by atoms with E-state index < -0.39 is 23.2 Å². The van der Waals surface area contributed by atoms with Gasteiger partial charge < -0.3 is 15.8 Å². The number of benzene rings is 1. The Morgan fingerprint density at radius 3 is 2.45 bits per heavy atom. The second-order valence-corrected chi connectivity index (χ2v) is 4.50. The van der Waals surface area contributed by atoms with E-state index in [0.717, 1.165) is 6.07 Å². The zero-order valence-corrected chi connectivity index (χ0v) is 11.8. The number of rotatable bonds is 5. The van der Waals surface area contributed by atoms with E-state index in [4.69, 9.17) is 5.73 Å². The quantitative estimate of drug-likeness (QED) is 0.810. The summed E-state index contributed by atoms with van der Waals surface area (Å²) in [6.07, 6.45) is 0.849. The van der Waals surface area contributed by atoms with Crippen molar-refractivity contribution in [1.29, 1.82) is 0 Å². The fraction of sp³-hybridized carbons (Fsp3) is 0.429. The summed E-state index contributed by atoms with van der Waals surface area (Å²) >= 11 is 0. The molecule has 1 rings (SSSR count). The van der Waals surface area contributed by atoms with E-state index in [-0.39, 0.29) is 11.3 Å². The lowest BCUT2D eigenvalue weighted by Gasteiger charge is -2.25. The van der Waals surface area contributed by atoms with Gasteiger partial charge in [0, 0.05) is 0 Å². The summed E-state index contributed by atoms with van der Waals surface area (Å²) in [5.41, 5.74) is 4.94. The molecular weight excluding hydrogens is 263 g/mol. The van der Waals surface area contributed by atoms with Crippen molar-refractivity contribution in [3.63, 3.8) is 0 Å². The maximum Gasteiger partial charge on any atom is 0.337 e. The SMILES string of the molecule is CCC(N)(CC)C(=O)Nc1cc(C(=O)OC)ccc1F. The van der Waals surface area contributed by atoms with E-state index in [2.05, 4.69) is 10.1 Å². The molecule has 0 saturated heterocycles. The first-order valence-corrected chi connectivity index (χ1v) is 6.36. The fourth-order valence-corrected chi connectivity index (χ4v) is 1.68. The van der Waals surface area contributed by atoms with Crippen molar-refractivity contribution >= 4 is 17.6 Å². The lowest BCUT2D eigenvalue weighted by atomic mass is 9.93. The average Bonchev–Trinajstić information content (AvgIpc) is 2.47. The van der Waals surface area contributed by atoms with Gasteiger partial charge in [0.15, 0.2) is 0 Å². The second kappa shape index (κ2) is 6.47. The van der Waals surface area contributed by atoms with Crippen LogP contribution in [0.15, 0.2) is 18.2 Å². The van der Waals surface area contributed by atoms with Crippen LogP contribution in [0.3, 0.4) is 0 Å². The van der Waals surface area contributed by atoms with Gasteiger partial charge in [-0.3, -0.25) is 4.79 Å². The molecule has 0 unspecified atom stereocenters. The Kier molecular flexibility index (Phi) is 5.21. The number of nitrogens with one attached hydrogen (secondary N) is 1. The van der Waals surface area contributed by atoms with Crippen LogP contribution in [-0.4, -0.2) is 24.5 Å². The number of methoxy groups -OCH3 is 1. The Morgan fingerprint density at radius 2 is 1.95 bits per heavy atom. The van der Waals surface area contributed by atoms with Crippen LogP contribution in [0.1, 0.15) is 37.0 Å². The highest BCUT2D eigenvalue weighted by molar-refractivity contribution is 5.99. The van der Waals surface area contributed by atoms with Crippen molar-refractivity contribution in [2.24, 2.45) is 5.73 Å². The van der Waals surface area contributed by atoms with Crippen LogP contribution in [0, 0.1) is 5.82 Å². The molecule has 0 fully saturated rings. The van der Waals surface area contributed by atoms with Gasteiger partial charge in [0.2, 0.25) is 5.91 Å². The molecule has 110 valence electrons. The van der Waals surface area contributed by atoms with Gasteiger partial charge in [-0.2, -0.15) is 0 Å². The Morgan fingerprint density at radius 1 is 1.35 bits per heavy atom. The molecule has 0 aliphatic carbocycles. The lowest BCUT2D eigenvalue weighted by Crippen LogP contribution is -2.50. The third kappa shape index (κ3) is 3.33. The zero-order chi connectivity index (χ0) is 15.3. The van der Waals surface area contributed by atoms with Crippen molar-refractivity contribution in [2.45, 2.75) is 32.2 Å². The van der Waals surface area contributed by atoms with E-state index in [1.807, 2.05) is 0 Å². The highest BCUT2D eigenvalue weighted by Gasteiger charge is 2.30. The minimum absolute atomic E-state index is 0.0883. The molecule has 1 aromatic rings. The number of halogens is 1. The van der Waals surface area contributed by atoms with Gasteiger partial charge in [0.1, 0.15) is 5.82 Å². The van der Waals surface area contributed by atoms with E-state index in [0.29, 0.717) is 12.8 Å². The summed E-state index contributed by atoms with van der Waals surface area (Å²) in [5, 5.41) is 2.43. The number of esters is 1. The van der Waals surface area contributed by atoms with E-state index in [1.165, 1.54) is 19.2 Å². The van der Waals surface area contributed by atoms with Gasteiger partial charge in [0.25, 0.3) is 0 Å². The molecule has 0 heterocycles. The Labute approximate surface area is 117 Å². The van der Waals surface area contributed by atoms with E-state index in [9.17, 15) is 14.0 Å². The predicted octanol–water partition coefficient (Wildman–Crippen LogP) is 2.07. The summed E-state index contributed by atoms with van der Waals surface area (Å²) in [7, 11) is 1.23. The molecule has 0 spiro atoms. The van der Waals surface area contributed by atoms with Crippen molar-refractivity contribution in [2.75, 3.05) is 12.4 Å². The summed E-state index contributed by atoms with van der Waals surface area (Å²) < 4.78 is 18.2. The third-order valence-corrected chi connectivity index (χ3v) is 3.35. The first-order chi connectivity index (χ1) is 9.37. The number of nitrogens with two attached hydrogens (primary N) is 1. The molecular formula is C14H19FN2O3. The Hall–Kier alpha value is -1.95. The maximum atomic E-state index is 13.7. The molecule has 1 amide bonds. The minimum Gasteiger partial charge on any atom is -0.465 e. The van der Waals surface area contributed by atoms with Gasteiger partial charge in [-0.25, -0.2) is 9.18 Å². The number of carbonyl (C=O) groups is 2. The molecule has 0 bridgehead atoms. The minimum atomic E-state index is -1.06. The van der Waals surface area contributed by atoms with Crippen molar-refractivity contribution in [3.8, 4) is 0 Å². The molecule has 20 heavy (non-hydrogen) atoms. The summed E-state index contributed by atoms with van der Waals surface area (Å²) in [6, 6.07) is 3.61. The van der Waals surface area contributed by atoms with Gasteiger partial charge in [-0.1, -0.05) is 13.8 Å². The monoisotopic (exact) mass is 282 g/mol. The summed E-state index contributed by atoms with van der Waals surface area (Å²) in [6.45, 7) is 3.56. The lowest BCUT2D eigenvalue weighted by molar-refractivity contribution is -0.121. The van der Waals surface area contributed by atoms with Crippen LogP contribution < -0.4 is 11.1 Å². The number of ether oxygens (including phenoxy) is 1. The summed E-state index contributed by atoms with van der Waals surface area (Å²) in [5.74, 6) is -1.73.